The van der Waals surface area contributed by atoms with Crippen molar-refractivity contribution in [1.82, 2.24) is 24.0 Å². The Morgan fingerprint density at radius 1 is 1.18 bits per heavy atom. The molecule has 3 heterocycles. The Labute approximate surface area is 226 Å². The summed E-state index contributed by atoms with van der Waals surface area (Å²) in [5.74, 6) is -0.719. The number of amidine groups is 1. The quantitative estimate of drug-likeness (QED) is 0.443. The first-order valence-electron chi connectivity index (χ1n) is 12.4. The summed E-state index contributed by atoms with van der Waals surface area (Å²) in [6.45, 7) is 0.842. The molecule has 0 unspecified atom stereocenters. The molecule has 40 heavy (non-hydrogen) atoms. The molecule has 1 N–H and O–H groups in total. The summed E-state index contributed by atoms with van der Waals surface area (Å²) in [7, 11) is -4.77. The number of carbonyl (C=O) groups excluding carboxylic acids is 1. The Morgan fingerprint density at radius 2 is 1.95 bits per heavy atom. The number of hydrogen-bond acceptors (Lipinski definition) is 8. The van der Waals surface area contributed by atoms with E-state index in [-0.39, 0.29) is 23.1 Å². The minimum absolute atomic E-state index is 0.0141. The van der Waals surface area contributed by atoms with Crippen LogP contribution in [0.3, 0.4) is 0 Å². The number of imidazole rings is 1. The van der Waals surface area contributed by atoms with Crippen LogP contribution >= 0.6 is 0 Å². The van der Waals surface area contributed by atoms with Crippen molar-refractivity contribution in [2.24, 2.45) is 5.10 Å². The number of benzene rings is 1. The number of ether oxygens (including phenoxy) is 1. The molecule has 2 aromatic heterocycles. The summed E-state index contributed by atoms with van der Waals surface area (Å²) < 4.78 is 84.1. The van der Waals surface area contributed by atoms with Gasteiger partial charge < -0.3 is 10.1 Å². The molecule has 0 bridgehead atoms. The van der Waals surface area contributed by atoms with Crippen molar-refractivity contribution >= 4 is 33.4 Å². The van der Waals surface area contributed by atoms with Crippen LogP contribution < -0.4 is 10.3 Å². The molecule has 0 radical (unpaired) electrons. The van der Waals surface area contributed by atoms with E-state index in [2.05, 4.69) is 20.4 Å². The largest absolute Gasteiger partial charge is 0.516 e. The van der Waals surface area contributed by atoms with Crippen molar-refractivity contribution < 1.29 is 35.5 Å². The van der Waals surface area contributed by atoms with Crippen LogP contribution in [0.5, 0.6) is 0 Å². The van der Waals surface area contributed by atoms with Crippen molar-refractivity contribution in [2.75, 3.05) is 25.2 Å². The van der Waals surface area contributed by atoms with Gasteiger partial charge in [-0.2, -0.15) is 21.6 Å². The van der Waals surface area contributed by atoms with E-state index in [9.17, 15) is 26.4 Å². The zero-order valence-electron chi connectivity index (χ0n) is 21.5. The van der Waals surface area contributed by atoms with E-state index in [1.807, 2.05) is 13.1 Å². The molecule has 0 atom stereocenters. The van der Waals surface area contributed by atoms with Gasteiger partial charge in [-0.1, -0.05) is 13.0 Å². The number of anilines is 1. The molecule has 16 heteroatoms. The summed E-state index contributed by atoms with van der Waals surface area (Å²) in [5, 5.41) is 7.54. The number of hydrogen-bond donors (Lipinski definition) is 1. The van der Waals surface area contributed by atoms with E-state index in [0.717, 1.165) is 48.7 Å². The molecule has 1 aliphatic heterocycles. The smallest absolute Gasteiger partial charge is 0.467 e. The fourth-order valence-electron chi connectivity index (χ4n) is 4.73. The van der Waals surface area contributed by atoms with E-state index < -0.39 is 39.8 Å². The Balaban J connectivity index is 1.33. The number of amides is 1. The molecule has 0 saturated carbocycles. The predicted octanol–water partition coefficient (Wildman–Crippen LogP) is 2.74. The molecule has 214 valence electrons. The number of sulfonamides is 1. The van der Waals surface area contributed by atoms with Gasteiger partial charge in [0.25, 0.3) is 5.91 Å². The molecular formula is C24H25F4N7O4S. The van der Waals surface area contributed by atoms with Gasteiger partial charge in [0.1, 0.15) is 11.5 Å². The predicted molar refractivity (Wildman–Crippen MR) is 135 cm³/mol. The topological polar surface area (TPSA) is 122 Å². The van der Waals surface area contributed by atoms with E-state index in [1.54, 1.807) is 4.40 Å². The number of aryl methyl sites for hydroxylation is 3. The zero-order chi connectivity index (χ0) is 28.8. The first kappa shape index (κ1) is 27.6. The van der Waals surface area contributed by atoms with Crippen molar-refractivity contribution in [3.8, 4) is 0 Å². The minimum atomic E-state index is -5.73. The average Bonchev–Trinajstić information content (AvgIpc) is 3.52. The second-order valence-electron chi connectivity index (χ2n) is 9.20. The van der Waals surface area contributed by atoms with E-state index in [4.69, 9.17) is 4.74 Å². The summed E-state index contributed by atoms with van der Waals surface area (Å²) in [4.78, 5) is 22.3. The molecule has 5 rings (SSSR count). The van der Waals surface area contributed by atoms with Gasteiger partial charge in [-0.25, -0.2) is 18.7 Å². The third-order valence-electron chi connectivity index (χ3n) is 6.71. The SMILES string of the molecule is CCc1nc2nc3c(cn2c1C(=O)NCc1ccc(N2CCN(S(=O)(=O)C(F)(F)F)C(OC)=N2)c(F)c1)CCC3. The second kappa shape index (κ2) is 10.2. The van der Waals surface area contributed by atoms with Gasteiger partial charge in [0.05, 0.1) is 31.6 Å². The van der Waals surface area contributed by atoms with Gasteiger partial charge in [-0.05, 0) is 48.9 Å². The Hall–Kier alpha value is -3.95. The maximum absolute atomic E-state index is 15.0. The van der Waals surface area contributed by atoms with Crippen LogP contribution in [0.15, 0.2) is 29.5 Å². The molecule has 0 saturated heterocycles. The fraction of sp³-hybridized carbons (Fsp3) is 0.417. The number of nitrogens with zero attached hydrogens (tertiary/aromatic N) is 6. The van der Waals surface area contributed by atoms with Crippen LogP contribution in [0.1, 0.15) is 46.3 Å². The Morgan fingerprint density at radius 3 is 2.62 bits per heavy atom. The van der Waals surface area contributed by atoms with Crippen LogP contribution in [0.4, 0.5) is 23.2 Å². The fourth-order valence-corrected chi connectivity index (χ4v) is 5.62. The number of aromatic nitrogens is 3. The van der Waals surface area contributed by atoms with Crippen molar-refractivity contribution in [1.29, 1.82) is 0 Å². The molecular weight excluding hydrogens is 558 g/mol. The highest BCUT2D eigenvalue weighted by Crippen LogP contribution is 2.30. The lowest BCUT2D eigenvalue weighted by Crippen LogP contribution is -2.51. The van der Waals surface area contributed by atoms with Gasteiger partial charge in [-0.15, -0.1) is 5.10 Å². The van der Waals surface area contributed by atoms with Gasteiger partial charge in [0.2, 0.25) is 5.78 Å². The van der Waals surface area contributed by atoms with E-state index in [1.165, 1.54) is 12.1 Å². The summed E-state index contributed by atoms with van der Waals surface area (Å²) >= 11 is 0. The molecule has 0 spiro atoms. The minimum Gasteiger partial charge on any atom is -0.467 e. The molecule has 2 aliphatic rings. The highest BCUT2D eigenvalue weighted by molar-refractivity contribution is 7.90. The first-order valence-corrected chi connectivity index (χ1v) is 13.8. The molecule has 3 aromatic rings. The Kier molecular flexibility index (Phi) is 7.06. The molecule has 1 amide bonds. The van der Waals surface area contributed by atoms with Gasteiger partial charge in [0, 0.05) is 18.4 Å². The third-order valence-corrected chi connectivity index (χ3v) is 8.21. The standard InChI is InChI=1S/C24H25F4N7O4S/c1-3-17-20(33-13-15-5-4-6-18(15)31-22(33)30-17)21(36)29-12-14-7-8-19(16(25)11-14)34-9-10-35(23(32-34)39-2)40(37,38)24(26,27)28/h7-8,11,13H,3-6,9-10,12H2,1-2H3,(H,29,36). The third kappa shape index (κ3) is 4.80. The van der Waals surface area contributed by atoms with Gasteiger partial charge in [-0.3, -0.25) is 14.2 Å². The first-order chi connectivity index (χ1) is 18.9. The maximum Gasteiger partial charge on any atom is 0.516 e. The molecule has 1 aliphatic carbocycles. The van der Waals surface area contributed by atoms with E-state index >= 15 is 4.39 Å². The summed E-state index contributed by atoms with van der Waals surface area (Å²) in [6.07, 6.45) is 5.17. The van der Waals surface area contributed by atoms with Crippen LogP contribution in [0.2, 0.25) is 0 Å². The van der Waals surface area contributed by atoms with Crippen molar-refractivity contribution in [3.63, 3.8) is 0 Å². The van der Waals surface area contributed by atoms with Crippen LogP contribution in [0, 0.1) is 5.82 Å². The van der Waals surface area contributed by atoms with Crippen molar-refractivity contribution in [2.45, 2.75) is 44.7 Å². The lowest BCUT2D eigenvalue weighted by atomic mass is 10.1. The number of carbonyl (C=O) groups is 1. The number of fused-ring (bicyclic) bond motifs is 2. The van der Waals surface area contributed by atoms with E-state index in [0.29, 0.717) is 29.1 Å². The molecule has 0 fully saturated rings. The highest BCUT2D eigenvalue weighted by atomic mass is 32.2. The van der Waals surface area contributed by atoms with Gasteiger partial charge in [0.15, 0.2) is 0 Å². The van der Waals surface area contributed by atoms with Crippen LogP contribution in [0.25, 0.3) is 5.78 Å². The van der Waals surface area contributed by atoms with Crippen molar-refractivity contribution in [3.05, 3.63) is 58.4 Å². The maximum atomic E-state index is 15.0. The number of alkyl halides is 3. The second-order valence-corrected chi connectivity index (χ2v) is 11.1. The number of nitrogens with one attached hydrogen (secondary N) is 1. The number of methoxy groups -OCH3 is 1. The average molecular weight is 584 g/mol. The lowest BCUT2D eigenvalue weighted by molar-refractivity contribution is -0.0477. The molecule has 1 aromatic carbocycles. The van der Waals surface area contributed by atoms with Gasteiger partial charge >= 0.3 is 21.6 Å². The number of hydrazone groups is 1. The number of rotatable bonds is 6. The monoisotopic (exact) mass is 583 g/mol. The highest BCUT2D eigenvalue weighted by Gasteiger charge is 2.52. The normalized spacial score (nSPS) is 15.8. The summed E-state index contributed by atoms with van der Waals surface area (Å²) in [5.41, 5.74) is -2.22. The van der Waals surface area contributed by atoms with Crippen LogP contribution in [-0.2, 0) is 40.6 Å². The lowest BCUT2D eigenvalue weighted by Gasteiger charge is -2.32. The summed E-state index contributed by atoms with van der Waals surface area (Å²) in [6, 6.07) is 3.16. The van der Waals surface area contributed by atoms with Crippen LogP contribution in [-0.4, -0.2) is 64.7 Å². The Bertz CT molecular complexity index is 1620. The molecule has 11 nitrogen and oxygen atoms in total. The zero-order valence-corrected chi connectivity index (χ0v) is 22.3. The number of halogens is 4.